The molecule has 2 N–H and O–H groups in total. The Balaban J connectivity index is 1.87. The molecule has 4 nitrogen and oxygen atoms in total. The Bertz CT molecular complexity index is 700. The molecule has 0 unspecified atom stereocenters. The number of nitrogens with one attached hydrogen (secondary N) is 2. The van der Waals surface area contributed by atoms with Gasteiger partial charge in [-0.15, -0.1) is 0 Å². The fourth-order valence-electron chi connectivity index (χ4n) is 2.55. The van der Waals surface area contributed by atoms with Crippen molar-refractivity contribution in [2.45, 2.75) is 19.8 Å². The molecule has 0 spiro atoms. The smallest absolute Gasteiger partial charge is 0.256 e. The third-order valence-electron chi connectivity index (χ3n) is 3.61. The van der Waals surface area contributed by atoms with Crippen LogP contribution in [0.15, 0.2) is 35.1 Å². The molecule has 1 aromatic carbocycles. The van der Waals surface area contributed by atoms with Crippen LogP contribution in [-0.4, -0.2) is 17.4 Å². The second-order valence-electron chi connectivity index (χ2n) is 5.15. The number of amides is 1. The molecular formula is C16H16BrN3O. The van der Waals surface area contributed by atoms with Crippen LogP contribution in [0.4, 0.5) is 11.4 Å². The number of rotatable bonds is 2. The molecule has 3 rings (SSSR count). The number of nitrogens with zero attached hydrogens (tertiary/aromatic N) is 1. The lowest BCUT2D eigenvalue weighted by Crippen LogP contribution is -2.19. The Hall–Kier alpha value is -1.88. The largest absolute Gasteiger partial charge is 0.385 e. The molecule has 1 amide bonds. The number of halogens is 1. The first-order valence-electron chi connectivity index (χ1n) is 6.94. The maximum atomic E-state index is 12.5. The van der Waals surface area contributed by atoms with Crippen molar-refractivity contribution in [3.05, 3.63) is 51.8 Å². The van der Waals surface area contributed by atoms with Crippen molar-refractivity contribution in [3.63, 3.8) is 0 Å². The number of carbonyl (C=O) groups is 1. The summed E-state index contributed by atoms with van der Waals surface area (Å²) in [6.07, 6.45) is 3.64. The summed E-state index contributed by atoms with van der Waals surface area (Å²) < 4.78 is 0.793. The Morgan fingerprint density at radius 2 is 2.29 bits per heavy atom. The van der Waals surface area contributed by atoms with Crippen LogP contribution in [0.2, 0.25) is 0 Å². The summed E-state index contributed by atoms with van der Waals surface area (Å²) in [7, 11) is 0. The van der Waals surface area contributed by atoms with Gasteiger partial charge in [-0.2, -0.15) is 0 Å². The third-order valence-corrected chi connectivity index (χ3v) is 4.44. The number of hydrogen-bond acceptors (Lipinski definition) is 3. The molecule has 0 radical (unpaired) electrons. The van der Waals surface area contributed by atoms with E-state index in [1.807, 2.05) is 31.2 Å². The molecule has 0 atom stereocenters. The molecule has 0 saturated carbocycles. The molecule has 21 heavy (non-hydrogen) atoms. The fourth-order valence-corrected chi connectivity index (χ4v) is 2.76. The number of pyridine rings is 1. The van der Waals surface area contributed by atoms with E-state index in [4.69, 9.17) is 0 Å². The van der Waals surface area contributed by atoms with Gasteiger partial charge in [-0.3, -0.25) is 4.79 Å². The van der Waals surface area contributed by atoms with Crippen molar-refractivity contribution >= 4 is 33.2 Å². The second-order valence-corrected chi connectivity index (χ2v) is 5.90. The van der Waals surface area contributed by atoms with Crippen molar-refractivity contribution in [1.82, 2.24) is 4.98 Å². The van der Waals surface area contributed by atoms with Gasteiger partial charge in [-0.05, 0) is 65.0 Å². The summed E-state index contributed by atoms with van der Waals surface area (Å²) in [5.74, 6) is -0.0842. The molecular weight excluding hydrogens is 330 g/mol. The first-order valence-corrected chi connectivity index (χ1v) is 7.74. The van der Waals surface area contributed by atoms with Crippen molar-refractivity contribution in [1.29, 1.82) is 0 Å². The molecule has 5 heteroatoms. The van der Waals surface area contributed by atoms with Gasteiger partial charge in [0.1, 0.15) is 4.60 Å². The number of benzene rings is 1. The number of hydrogen-bond donors (Lipinski definition) is 2. The first-order chi connectivity index (χ1) is 10.1. The fraction of sp³-hybridized carbons (Fsp3) is 0.250. The quantitative estimate of drug-likeness (QED) is 0.814. The van der Waals surface area contributed by atoms with Crippen LogP contribution in [0, 0.1) is 6.92 Å². The molecule has 1 aromatic heterocycles. The molecule has 108 valence electrons. The molecule has 0 saturated heterocycles. The Labute approximate surface area is 132 Å². The lowest BCUT2D eigenvalue weighted by molar-refractivity contribution is 0.102. The molecule has 0 aliphatic carbocycles. The van der Waals surface area contributed by atoms with Gasteiger partial charge in [0.25, 0.3) is 5.91 Å². The van der Waals surface area contributed by atoms with Crippen LogP contribution >= 0.6 is 15.9 Å². The summed E-state index contributed by atoms with van der Waals surface area (Å²) in [5, 5.41) is 6.27. The van der Waals surface area contributed by atoms with E-state index in [0.29, 0.717) is 5.69 Å². The van der Waals surface area contributed by atoms with Crippen LogP contribution in [0.3, 0.4) is 0 Å². The molecule has 0 bridgehead atoms. The number of carbonyl (C=O) groups excluding carboxylic acids is 1. The zero-order valence-electron chi connectivity index (χ0n) is 11.7. The van der Waals surface area contributed by atoms with Gasteiger partial charge in [-0.25, -0.2) is 4.98 Å². The minimum atomic E-state index is -0.0842. The van der Waals surface area contributed by atoms with Crippen molar-refractivity contribution in [2.24, 2.45) is 0 Å². The van der Waals surface area contributed by atoms with Crippen LogP contribution in [0.5, 0.6) is 0 Å². The summed E-state index contributed by atoms with van der Waals surface area (Å²) in [4.78, 5) is 16.7. The number of aromatic nitrogens is 1. The highest BCUT2D eigenvalue weighted by Gasteiger charge is 2.17. The number of fused-ring (bicyclic) bond motifs is 1. The highest BCUT2D eigenvalue weighted by Crippen LogP contribution is 2.26. The SMILES string of the molecule is Cc1cc(NC(=O)c2cccc3c2CCCN3)cnc1Br. The van der Waals surface area contributed by atoms with E-state index in [-0.39, 0.29) is 5.91 Å². The van der Waals surface area contributed by atoms with Gasteiger partial charge in [0.05, 0.1) is 11.9 Å². The van der Waals surface area contributed by atoms with Crippen LogP contribution in [-0.2, 0) is 6.42 Å². The van der Waals surface area contributed by atoms with Gasteiger partial charge >= 0.3 is 0 Å². The predicted molar refractivity (Wildman–Crippen MR) is 87.9 cm³/mol. The van der Waals surface area contributed by atoms with E-state index in [0.717, 1.165) is 46.4 Å². The average Bonchev–Trinajstić information content (AvgIpc) is 2.50. The van der Waals surface area contributed by atoms with Crippen LogP contribution < -0.4 is 10.6 Å². The second kappa shape index (κ2) is 5.85. The van der Waals surface area contributed by atoms with E-state index in [1.165, 1.54) is 0 Å². The Kier molecular flexibility index (Phi) is 3.92. The van der Waals surface area contributed by atoms with Gasteiger partial charge < -0.3 is 10.6 Å². The molecule has 2 aromatic rings. The van der Waals surface area contributed by atoms with Gasteiger partial charge in [0.15, 0.2) is 0 Å². The van der Waals surface area contributed by atoms with Crippen LogP contribution in [0.1, 0.15) is 27.9 Å². The Morgan fingerprint density at radius 1 is 1.43 bits per heavy atom. The first kappa shape index (κ1) is 14.1. The van der Waals surface area contributed by atoms with Crippen molar-refractivity contribution in [2.75, 3.05) is 17.2 Å². The van der Waals surface area contributed by atoms with Gasteiger partial charge in [0, 0.05) is 17.8 Å². The zero-order chi connectivity index (χ0) is 14.8. The van der Waals surface area contributed by atoms with E-state index in [9.17, 15) is 4.79 Å². The molecule has 1 aliphatic rings. The van der Waals surface area contributed by atoms with Crippen molar-refractivity contribution in [3.8, 4) is 0 Å². The predicted octanol–water partition coefficient (Wildman–Crippen LogP) is 3.76. The summed E-state index contributed by atoms with van der Waals surface area (Å²) in [5.41, 5.74) is 4.61. The minimum absolute atomic E-state index is 0.0842. The van der Waals surface area contributed by atoms with E-state index >= 15 is 0 Å². The third kappa shape index (κ3) is 2.93. The summed E-state index contributed by atoms with van der Waals surface area (Å²) in [6.45, 7) is 2.91. The molecule has 0 fully saturated rings. The van der Waals surface area contributed by atoms with Crippen LogP contribution in [0.25, 0.3) is 0 Å². The average molecular weight is 346 g/mol. The molecule has 2 heterocycles. The highest BCUT2D eigenvalue weighted by atomic mass is 79.9. The number of aryl methyl sites for hydroxylation is 1. The standard InChI is InChI=1S/C16H16BrN3O/c1-10-8-11(9-19-15(10)17)20-16(21)13-4-2-6-14-12(13)5-3-7-18-14/h2,4,6,8-9,18H,3,5,7H2,1H3,(H,20,21). The zero-order valence-corrected chi connectivity index (χ0v) is 13.3. The minimum Gasteiger partial charge on any atom is -0.385 e. The molecule has 1 aliphatic heterocycles. The normalized spacial score (nSPS) is 13.2. The van der Waals surface area contributed by atoms with Gasteiger partial charge in [0.2, 0.25) is 0 Å². The lowest BCUT2D eigenvalue weighted by atomic mass is 9.97. The summed E-state index contributed by atoms with van der Waals surface area (Å²) >= 11 is 3.36. The van der Waals surface area contributed by atoms with E-state index < -0.39 is 0 Å². The van der Waals surface area contributed by atoms with Crippen molar-refractivity contribution < 1.29 is 4.79 Å². The van der Waals surface area contributed by atoms with E-state index in [1.54, 1.807) is 6.20 Å². The maximum absolute atomic E-state index is 12.5. The Morgan fingerprint density at radius 3 is 3.10 bits per heavy atom. The highest BCUT2D eigenvalue weighted by molar-refractivity contribution is 9.10. The topological polar surface area (TPSA) is 54.0 Å². The van der Waals surface area contributed by atoms with E-state index in [2.05, 4.69) is 31.5 Å². The monoisotopic (exact) mass is 345 g/mol. The maximum Gasteiger partial charge on any atom is 0.256 e. The summed E-state index contributed by atoms with van der Waals surface area (Å²) in [6, 6.07) is 7.72. The number of anilines is 2. The lowest BCUT2D eigenvalue weighted by Gasteiger charge is -2.20. The van der Waals surface area contributed by atoms with Gasteiger partial charge in [-0.1, -0.05) is 6.07 Å².